The summed E-state index contributed by atoms with van der Waals surface area (Å²) in [5.74, 6) is 0.534. The van der Waals surface area contributed by atoms with Crippen molar-refractivity contribution in [2.45, 2.75) is 26.4 Å². The fraction of sp³-hybridized carbons (Fsp3) is 0.381. The van der Waals surface area contributed by atoms with E-state index in [9.17, 15) is 4.79 Å². The van der Waals surface area contributed by atoms with Gasteiger partial charge in [0.05, 0.1) is 6.61 Å². The number of nitrogens with one attached hydrogen (secondary N) is 1. The van der Waals surface area contributed by atoms with Crippen LogP contribution in [0.4, 0.5) is 10.5 Å². The van der Waals surface area contributed by atoms with Crippen molar-refractivity contribution < 1.29 is 9.53 Å². The van der Waals surface area contributed by atoms with Crippen LogP contribution in [0.5, 0.6) is 0 Å². The number of piperidine rings is 1. The number of likely N-dealkylation sites (tertiary alicyclic amines) is 1. The molecular weight excluding hydrogens is 312 g/mol. The summed E-state index contributed by atoms with van der Waals surface area (Å²) in [6, 6.07) is 18.1. The molecule has 3 rings (SSSR count). The predicted octanol–water partition coefficient (Wildman–Crippen LogP) is 4.46. The lowest BCUT2D eigenvalue weighted by molar-refractivity contribution is 0.0640. The third-order valence-corrected chi connectivity index (χ3v) is 4.64. The minimum atomic E-state index is -0.00532. The van der Waals surface area contributed by atoms with Gasteiger partial charge in [0, 0.05) is 25.4 Å². The van der Waals surface area contributed by atoms with Gasteiger partial charge < -0.3 is 15.0 Å². The SMILES string of the molecule is Cc1cccc(NC(=O)N2CCC(COCc3ccccc3)CC2)c1. The molecule has 132 valence electrons. The Morgan fingerprint density at radius 1 is 1.12 bits per heavy atom. The van der Waals surface area contributed by atoms with Crippen LogP contribution in [0, 0.1) is 12.8 Å². The number of urea groups is 1. The molecule has 4 heteroatoms. The molecular formula is C21H26N2O2. The maximum atomic E-state index is 12.4. The molecule has 0 aromatic heterocycles. The number of rotatable bonds is 5. The quantitative estimate of drug-likeness (QED) is 0.875. The van der Waals surface area contributed by atoms with Crippen LogP contribution in [0.15, 0.2) is 54.6 Å². The molecule has 25 heavy (non-hydrogen) atoms. The van der Waals surface area contributed by atoms with Crippen LogP contribution in [0.3, 0.4) is 0 Å². The highest BCUT2D eigenvalue weighted by Gasteiger charge is 2.23. The van der Waals surface area contributed by atoms with Crippen LogP contribution in [0.2, 0.25) is 0 Å². The zero-order chi connectivity index (χ0) is 17.5. The Morgan fingerprint density at radius 3 is 2.60 bits per heavy atom. The van der Waals surface area contributed by atoms with E-state index in [0.29, 0.717) is 12.5 Å². The normalized spacial score (nSPS) is 15.2. The minimum absolute atomic E-state index is 0.00532. The van der Waals surface area contributed by atoms with Gasteiger partial charge >= 0.3 is 6.03 Å². The van der Waals surface area contributed by atoms with E-state index in [1.807, 2.05) is 54.3 Å². The first-order chi connectivity index (χ1) is 12.2. The fourth-order valence-electron chi connectivity index (χ4n) is 3.15. The molecule has 1 aliphatic heterocycles. The van der Waals surface area contributed by atoms with Gasteiger partial charge in [0.15, 0.2) is 0 Å². The number of aryl methyl sites for hydroxylation is 1. The first kappa shape index (κ1) is 17.5. The van der Waals surface area contributed by atoms with Crippen molar-refractivity contribution in [1.29, 1.82) is 0 Å². The monoisotopic (exact) mass is 338 g/mol. The second kappa shape index (κ2) is 8.67. The topological polar surface area (TPSA) is 41.6 Å². The fourth-order valence-corrected chi connectivity index (χ4v) is 3.15. The van der Waals surface area contributed by atoms with Gasteiger partial charge in [0.2, 0.25) is 0 Å². The van der Waals surface area contributed by atoms with Crippen LogP contribution in [0.25, 0.3) is 0 Å². The summed E-state index contributed by atoms with van der Waals surface area (Å²) in [6.45, 7) is 5.03. The van der Waals surface area contributed by atoms with E-state index in [2.05, 4.69) is 17.4 Å². The number of nitrogens with zero attached hydrogens (tertiary/aromatic N) is 1. The maximum Gasteiger partial charge on any atom is 0.321 e. The number of benzene rings is 2. The largest absolute Gasteiger partial charge is 0.376 e. The molecule has 0 saturated carbocycles. The molecule has 2 aromatic carbocycles. The molecule has 0 unspecified atom stereocenters. The molecule has 2 amide bonds. The number of carbonyl (C=O) groups is 1. The molecule has 0 aliphatic carbocycles. The summed E-state index contributed by atoms with van der Waals surface area (Å²) >= 11 is 0. The van der Waals surface area contributed by atoms with Crippen LogP contribution in [0.1, 0.15) is 24.0 Å². The molecule has 4 nitrogen and oxygen atoms in total. The van der Waals surface area contributed by atoms with Crippen molar-refractivity contribution in [2.75, 3.05) is 25.0 Å². The summed E-state index contributed by atoms with van der Waals surface area (Å²) in [7, 11) is 0. The van der Waals surface area contributed by atoms with Gasteiger partial charge in [-0.1, -0.05) is 42.5 Å². The van der Waals surface area contributed by atoms with Gasteiger partial charge in [-0.15, -0.1) is 0 Å². The number of amides is 2. The maximum absolute atomic E-state index is 12.4. The van der Waals surface area contributed by atoms with Crippen LogP contribution in [-0.2, 0) is 11.3 Å². The van der Waals surface area contributed by atoms with Gasteiger partial charge in [0.25, 0.3) is 0 Å². The van der Waals surface area contributed by atoms with Gasteiger partial charge in [-0.25, -0.2) is 4.79 Å². The zero-order valence-electron chi connectivity index (χ0n) is 14.8. The number of carbonyl (C=O) groups excluding carboxylic acids is 1. The number of anilines is 1. The average Bonchev–Trinajstić information content (AvgIpc) is 2.63. The van der Waals surface area contributed by atoms with Crippen molar-refractivity contribution in [3.05, 3.63) is 65.7 Å². The lowest BCUT2D eigenvalue weighted by Gasteiger charge is -2.32. The Bertz CT molecular complexity index is 679. The van der Waals surface area contributed by atoms with Gasteiger partial charge in [0.1, 0.15) is 0 Å². The molecule has 1 saturated heterocycles. The summed E-state index contributed by atoms with van der Waals surface area (Å²) in [5, 5.41) is 2.99. The van der Waals surface area contributed by atoms with E-state index in [0.717, 1.165) is 43.8 Å². The Morgan fingerprint density at radius 2 is 1.88 bits per heavy atom. The molecule has 0 atom stereocenters. The third kappa shape index (κ3) is 5.33. The Kier molecular flexibility index (Phi) is 6.07. The molecule has 2 aromatic rings. The van der Waals surface area contributed by atoms with Crippen molar-refractivity contribution >= 4 is 11.7 Å². The van der Waals surface area contributed by atoms with Crippen molar-refractivity contribution in [1.82, 2.24) is 4.90 Å². The van der Waals surface area contributed by atoms with E-state index in [-0.39, 0.29) is 6.03 Å². The lowest BCUT2D eigenvalue weighted by atomic mass is 9.98. The highest BCUT2D eigenvalue weighted by atomic mass is 16.5. The van der Waals surface area contributed by atoms with Crippen LogP contribution < -0.4 is 5.32 Å². The van der Waals surface area contributed by atoms with Crippen molar-refractivity contribution in [3.63, 3.8) is 0 Å². The standard InChI is InChI=1S/C21H26N2O2/c1-17-6-5-9-20(14-17)22-21(24)23-12-10-19(11-13-23)16-25-15-18-7-3-2-4-8-18/h2-9,14,19H,10-13,15-16H2,1H3,(H,22,24). The van der Waals surface area contributed by atoms with Gasteiger partial charge in [-0.2, -0.15) is 0 Å². The second-order valence-electron chi connectivity index (χ2n) is 6.73. The molecule has 1 heterocycles. The molecule has 0 spiro atoms. The third-order valence-electron chi connectivity index (χ3n) is 4.64. The Labute approximate surface area is 149 Å². The van der Waals surface area contributed by atoms with Gasteiger partial charge in [-0.3, -0.25) is 0 Å². The smallest absolute Gasteiger partial charge is 0.321 e. The lowest BCUT2D eigenvalue weighted by Crippen LogP contribution is -2.41. The molecule has 1 aliphatic rings. The number of ether oxygens (including phenoxy) is 1. The summed E-state index contributed by atoms with van der Waals surface area (Å²) in [5.41, 5.74) is 3.21. The summed E-state index contributed by atoms with van der Waals surface area (Å²) in [4.78, 5) is 14.3. The van der Waals surface area contributed by atoms with Gasteiger partial charge in [-0.05, 0) is 48.9 Å². The highest BCUT2D eigenvalue weighted by molar-refractivity contribution is 5.89. The first-order valence-corrected chi connectivity index (χ1v) is 8.95. The van der Waals surface area contributed by atoms with E-state index in [1.165, 1.54) is 5.56 Å². The first-order valence-electron chi connectivity index (χ1n) is 8.95. The van der Waals surface area contributed by atoms with E-state index >= 15 is 0 Å². The predicted molar refractivity (Wildman–Crippen MR) is 101 cm³/mol. The Hall–Kier alpha value is -2.33. The molecule has 0 radical (unpaired) electrons. The van der Waals surface area contributed by atoms with E-state index in [1.54, 1.807) is 0 Å². The summed E-state index contributed by atoms with van der Waals surface area (Å²) < 4.78 is 5.84. The zero-order valence-corrected chi connectivity index (χ0v) is 14.8. The molecule has 1 N–H and O–H groups in total. The highest BCUT2D eigenvalue weighted by Crippen LogP contribution is 2.19. The van der Waals surface area contributed by atoms with E-state index < -0.39 is 0 Å². The van der Waals surface area contributed by atoms with Crippen LogP contribution >= 0.6 is 0 Å². The number of hydrogen-bond acceptors (Lipinski definition) is 2. The van der Waals surface area contributed by atoms with Crippen molar-refractivity contribution in [3.8, 4) is 0 Å². The number of hydrogen-bond donors (Lipinski definition) is 1. The second-order valence-corrected chi connectivity index (χ2v) is 6.73. The average molecular weight is 338 g/mol. The Balaban J connectivity index is 1.38. The molecule has 0 bridgehead atoms. The summed E-state index contributed by atoms with van der Waals surface area (Å²) in [6.07, 6.45) is 1.99. The molecule has 1 fully saturated rings. The van der Waals surface area contributed by atoms with Crippen LogP contribution in [-0.4, -0.2) is 30.6 Å². The van der Waals surface area contributed by atoms with Crippen molar-refractivity contribution in [2.24, 2.45) is 5.92 Å². The minimum Gasteiger partial charge on any atom is -0.376 e. The van der Waals surface area contributed by atoms with E-state index in [4.69, 9.17) is 4.74 Å².